The average Bonchev–Trinajstić information content (AvgIpc) is 2.01. The Hall–Kier alpha value is -0.730. The van der Waals surface area contributed by atoms with Crippen molar-refractivity contribution in [2.75, 3.05) is 0 Å². The van der Waals surface area contributed by atoms with E-state index < -0.39 is 0 Å². The third-order valence-electron chi connectivity index (χ3n) is 3.24. The maximum Gasteiger partial charge on any atom is 0.279 e. The van der Waals surface area contributed by atoms with E-state index in [1.165, 1.54) is 12.8 Å². The number of hydrogen-bond donors (Lipinski definition) is 2. The molecule has 3 unspecified atom stereocenters. The summed E-state index contributed by atoms with van der Waals surface area (Å²) in [7, 11) is 0. The van der Waals surface area contributed by atoms with E-state index in [1.54, 1.807) is 0 Å². The van der Waals surface area contributed by atoms with E-state index in [1.807, 2.05) is 0 Å². The van der Waals surface area contributed by atoms with Crippen molar-refractivity contribution in [3.8, 4) is 0 Å². The van der Waals surface area contributed by atoms with Crippen molar-refractivity contribution in [1.29, 1.82) is 5.41 Å². The minimum atomic E-state index is -0.130. The summed E-state index contributed by atoms with van der Waals surface area (Å²) in [5.74, 6) is 1.89. The number of ether oxygens (including phenoxy) is 1. The zero-order chi connectivity index (χ0) is 10.7. The maximum atomic E-state index is 7.18. The normalized spacial score (nSPS) is 33.0. The van der Waals surface area contributed by atoms with Gasteiger partial charge in [-0.1, -0.05) is 27.2 Å². The Kier molecular flexibility index (Phi) is 3.78. The summed E-state index contributed by atoms with van der Waals surface area (Å²) in [5, 5.41) is 7.18. The Morgan fingerprint density at radius 2 is 2.07 bits per heavy atom. The van der Waals surface area contributed by atoms with Crippen LogP contribution in [0.3, 0.4) is 0 Å². The van der Waals surface area contributed by atoms with E-state index >= 15 is 0 Å². The second-order valence-electron chi connectivity index (χ2n) is 4.85. The van der Waals surface area contributed by atoms with Gasteiger partial charge >= 0.3 is 0 Å². The molecule has 1 rings (SSSR count). The van der Waals surface area contributed by atoms with Gasteiger partial charge in [-0.15, -0.1) is 0 Å². The molecular weight excluding hydrogens is 176 g/mol. The summed E-state index contributed by atoms with van der Waals surface area (Å²) in [6.45, 7) is 6.68. The summed E-state index contributed by atoms with van der Waals surface area (Å²) < 4.78 is 5.40. The van der Waals surface area contributed by atoms with Gasteiger partial charge in [-0.2, -0.15) is 0 Å². The molecule has 1 aliphatic carbocycles. The molecule has 1 aliphatic rings. The summed E-state index contributed by atoms with van der Waals surface area (Å²) in [6.07, 6.45) is 3.69. The molecule has 0 heterocycles. The molecule has 0 amide bonds. The molecule has 14 heavy (non-hydrogen) atoms. The lowest BCUT2D eigenvalue weighted by molar-refractivity contribution is 0.0348. The summed E-state index contributed by atoms with van der Waals surface area (Å²) in [5.41, 5.74) is 5.29. The van der Waals surface area contributed by atoms with Crippen LogP contribution in [0, 0.1) is 23.2 Å². The summed E-state index contributed by atoms with van der Waals surface area (Å²) >= 11 is 0. The van der Waals surface area contributed by atoms with Gasteiger partial charge in [-0.05, 0) is 30.6 Å². The van der Waals surface area contributed by atoms with Crippen LogP contribution in [0.25, 0.3) is 0 Å². The zero-order valence-corrected chi connectivity index (χ0v) is 9.42. The minimum absolute atomic E-state index is 0.130. The highest BCUT2D eigenvalue weighted by atomic mass is 16.5. The lowest BCUT2D eigenvalue weighted by Crippen LogP contribution is -2.37. The molecule has 1 saturated carbocycles. The first-order valence-electron chi connectivity index (χ1n) is 5.51. The van der Waals surface area contributed by atoms with Crippen LogP contribution in [0.15, 0.2) is 0 Å². The highest BCUT2D eigenvalue weighted by Crippen LogP contribution is 2.35. The lowest BCUT2D eigenvalue weighted by Gasteiger charge is -2.36. The zero-order valence-electron chi connectivity index (χ0n) is 9.42. The van der Waals surface area contributed by atoms with Crippen molar-refractivity contribution in [2.24, 2.45) is 23.5 Å². The quantitative estimate of drug-likeness (QED) is 0.528. The first kappa shape index (κ1) is 11.3. The Bertz CT molecular complexity index is 203. The molecule has 1 fully saturated rings. The fourth-order valence-electron chi connectivity index (χ4n) is 2.41. The van der Waals surface area contributed by atoms with Crippen molar-refractivity contribution >= 4 is 6.02 Å². The van der Waals surface area contributed by atoms with Crippen LogP contribution >= 0.6 is 0 Å². The molecule has 0 aromatic carbocycles. The van der Waals surface area contributed by atoms with Crippen molar-refractivity contribution in [3.05, 3.63) is 0 Å². The van der Waals surface area contributed by atoms with E-state index in [0.29, 0.717) is 17.8 Å². The fourth-order valence-corrected chi connectivity index (χ4v) is 2.41. The largest absolute Gasteiger partial charge is 0.462 e. The number of nitrogens with two attached hydrogens (primary N) is 1. The van der Waals surface area contributed by atoms with E-state index in [0.717, 1.165) is 6.42 Å². The molecule has 3 nitrogen and oxygen atoms in total. The summed E-state index contributed by atoms with van der Waals surface area (Å²) in [4.78, 5) is 0. The Balaban J connectivity index is 2.58. The van der Waals surface area contributed by atoms with Gasteiger partial charge in [0, 0.05) is 0 Å². The van der Waals surface area contributed by atoms with E-state index in [-0.39, 0.29) is 12.1 Å². The van der Waals surface area contributed by atoms with Gasteiger partial charge in [-0.25, -0.2) is 0 Å². The summed E-state index contributed by atoms with van der Waals surface area (Å²) in [6, 6.07) is -0.130. The van der Waals surface area contributed by atoms with Gasteiger partial charge in [0.25, 0.3) is 6.02 Å². The Morgan fingerprint density at radius 3 is 2.57 bits per heavy atom. The van der Waals surface area contributed by atoms with Crippen molar-refractivity contribution in [2.45, 2.75) is 46.1 Å². The standard InChI is InChI=1S/C11H22N2O/c1-7(2)9-5-4-8(3)6-10(9)14-11(12)13/h7-10H,4-6H2,1-3H3,(H3,12,13). The third-order valence-corrected chi connectivity index (χ3v) is 3.24. The second kappa shape index (κ2) is 4.67. The molecular formula is C11H22N2O. The van der Waals surface area contributed by atoms with E-state index in [2.05, 4.69) is 20.8 Å². The van der Waals surface area contributed by atoms with Gasteiger partial charge < -0.3 is 10.5 Å². The van der Waals surface area contributed by atoms with Crippen molar-refractivity contribution < 1.29 is 4.74 Å². The molecule has 0 radical (unpaired) electrons. The van der Waals surface area contributed by atoms with Crippen LogP contribution in [0.5, 0.6) is 0 Å². The third kappa shape index (κ3) is 2.89. The topological polar surface area (TPSA) is 59.1 Å². The van der Waals surface area contributed by atoms with Gasteiger partial charge in [0.05, 0.1) is 0 Å². The van der Waals surface area contributed by atoms with Crippen molar-refractivity contribution in [3.63, 3.8) is 0 Å². The number of nitrogens with one attached hydrogen (secondary N) is 1. The van der Waals surface area contributed by atoms with Gasteiger partial charge in [-0.3, -0.25) is 5.41 Å². The predicted octanol–water partition coefficient (Wildman–Crippen LogP) is 2.36. The van der Waals surface area contributed by atoms with E-state index in [9.17, 15) is 0 Å². The first-order chi connectivity index (χ1) is 6.50. The van der Waals surface area contributed by atoms with Crippen LogP contribution < -0.4 is 5.73 Å². The van der Waals surface area contributed by atoms with Crippen LogP contribution in [0.4, 0.5) is 0 Å². The molecule has 0 saturated heterocycles. The first-order valence-corrected chi connectivity index (χ1v) is 5.51. The molecule has 3 atom stereocenters. The molecule has 82 valence electrons. The fraction of sp³-hybridized carbons (Fsp3) is 0.909. The van der Waals surface area contributed by atoms with Crippen LogP contribution in [-0.4, -0.2) is 12.1 Å². The molecule has 0 aromatic rings. The molecule has 0 bridgehead atoms. The van der Waals surface area contributed by atoms with Gasteiger partial charge in [0.15, 0.2) is 0 Å². The maximum absolute atomic E-state index is 7.18. The van der Waals surface area contributed by atoms with Crippen molar-refractivity contribution in [1.82, 2.24) is 0 Å². The molecule has 0 aromatic heterocycles. The second-order valence-corrected chi connectivity index (χ2v) is 4.85. The molecule has 3 heteroatoms. The van der Waals surface area contributed by atoms with Crippen LogP contribution in [0.1, 0.15) is 40.0 Å². The number of rotatable bonds is 2. The number of amidine groups is 1. The molecule has 0 aliphatic heterocycles. The van der Waals surface area contributed by atoms with Crippen LogP contribution in [-0.2, 0) is 4.74 Å². The Morgan fingerprint density at radius 1 is 1.43 bits per heavy atom. The van der Waals surface area contributed by atoms with Crippen LogP contribution in [0.2, 0.25) is 0 Å². The van der Waals surface area contributed by atoms with Gasteiger partial charge in [0.2, 0.25) is 0 Å². The smallest absolute Gasteiger partial charge is 0.279 e. The minimum Gasteiger partial charge on any atom is -0.462 e. The Labute approximate surface area is 86.5 Å². The highest BCUT2D eigenvalue weighted by molar-refractivity contribution is 5.67. The monoisotopic (exact) mass is 198 g/mol. The predicted molar refractivity (Wildman–Crippen MR) is 58.1 cm³/mol. The van der Waals surface area contributed by atoms with Gasteiger partial charge in [0.1, 0.15) is 6.10 Å². The molecule has 3 N–H and O–H groups in total. The highest BCUT2D eigenvalue weighted by Gasteiger charge is 2.32. The number of hydrogen-bond acceptors (Lipinski definition) is 2. The average molecular weight is 198 g/mol. The van der Waals surface area contributed by atoms with E-state index in [4.69, 9.17) is 15.9 Å². The SMILES string of the molecule is CC1CCC(C(C)C)C(OC(=N)N)C1. The lowest BCUT2D eigenvalue weighted by atomic mass is 9.75. The molecule has 0 spiro atoms.